The first-order valence-electron chi connectivity index (χ1n) is 3.01. The summed E-state index contributed by atoms with van der Waals surface area (Å²) in [6.07, 6.45) is 2.82. The van der Waals surface area contributed by atoms with E-state index in [0.717, 1.165) is 0 Å². The Kier molecular flexibility index (Phi) is 2.54. The standard InChI is InChI=1S/C7H7FN2O/c1-11-10-5-6-2-3-7(8)9-4-6/h2-5H,1H3/b10-5+. The van der Waals surface area contributed by atoms with Crippen LogP contribution in [0.25, 0.3) is 0 Å². The quantitative estimate of drug-likeness (QED) is 0.364. The summed E-state index contributed by atoms with van der Waals surface area (Å²) in [5.41, 5.74) is 0.702. The number of hydrogen-bond acceptors (Lipinski definition) is 3. The predicted molar refractivity (Wildman–Crippen MR) is 38.8 cm³/mol. The van der Waals surface area contributed by atoms with E-state index in [4.69, 9.17) is 0 Å². The van der Waals surface area contributed by atoms with Crippen molar-refractivity contribution in [3.63, 3.8) is 0 Å². The van der Waals surface area contributed by atoms with Crippen LogP contribution in [0.4, 0.5) is 4.39 Å². The first kappa shape index (κ1) is 7.65. The van der Waals surface area contributed by atoms with Crippen molar-refractivity contribution in [3.05, 3.63) is 29.8 Å². The van der Waals surface area contributed by atoms with Gasteiger partial charge in [-0.05, 0) is 12.1 Å². The van der Waals surface area contributed by atoms with Gasteiger partial charge in [-0.15, -0.1) is 0 Å². The lowest BCUT2D eigenvalue weighted by Gasteiger charge is -1.89. The molecule has 0 aliphatic rings. The Bertz CT molecular complexity index is 245. The van der Waals surface area contributed by atoms with Crippen LogP contribution in [0.15, 0.2) is 23.5 Å². The fraction of sp³-hybridized carbons (Fsp3) is 0.143. The number of aromatic nitrogens is 1. The molecule has 0 radical (unpaired) electrons. The lowest BCUT2D eigenvalue weighted by molar-refractivity contribution is 0.215. The minimum absolute atomic E-state index is 0.500. The summed E-state index contributed by atoms with van der Waals surface area (Å²) < 4.78 is 12.2. The summed E-state index contributed by atoms with van der Waals surface area (Å²) in [4.78, 5) is 7.84. The number of oxime groups is 1. The average Bonchev–Trinajstić information content (AvgIpc) is 2.04. The van der Waals surface area contributed by atoms with E-state index in [1.54, 1.807) is 6.07 Å². The smallest absolute Gasteiger partial charge is 0.212 e. The molecule has 4 heteroatoms. The van der Waals surface area contributed by atoms with Crippen molar-refractivity contribution in [1.82, 2.24) is 4.98 Å². The first-order chi connectivity index (χ1) is 5.33. The maximum atomic E-state index is 12.2. The van der Waals surface area contributed by atoms with Gasteiger partial charge in [0.25, 0.3) is 0 Å². The van der Waals surface area contributed by atoms with Gasteiger partial charge in [0, 0.05) is 11.8 Å². The molecule has 0 spiro atoms. The van der Waals surface area contributed by atoms with Crippen LogP contribution >= 0.6 is 0 Å². The SMILES string of the molecule is CO/N=C/c1ccc(F)nc1. The van der Waals surface area contributed by atoms with Crippen molar-refractivity contribution >= 4 is 6.21 Å². The molecule has 1 rings (SSSR count). The normalized spacial score (nSPS) is 10.4. The Labute approximate surface area is 63.5 Å². The molecule has 0 unspecified atom stereocenters. The number of rotatable bonds is 2. The zero-order valence-corrected chi connectivity index (χ0v) is 5.99. The molecule has 11 heavy (non-hydrogen) atoms. The van der Waals surface area contributed by atoms with E-state index >= 15 is 0 Å². The number of hydrogen-bond donors (Lipinski definition) is 0. The topological polar surface area (TPSA) is 34.5 Å². The Hall–Kier alpha value is -1.45. The summed E-state index contributed by atoms with van der Waals surface area (Å²) in [5.74, 6) is -0.500. The molecule has 0 amide bonds. The molecule has 1 aromatic heterocycles. The molecule has 1 heterocycles. The second-order valence-corrected chi connectivity index (χ2v) is 1.83. The van der Waals surface area contributed by atoms with E-state index < -0.39 is 5.95 Å². The van der Waals surface area contributed by atoms with Crippen molar-refractivity contribution in [3.8, 4) is 0 Å². The first-order valence-corrected chi connectivity index (χ1v) is 3.01. The summed E-state index contributed by atoms with van der Waals surface area (Å²) in [7, 11) is 1.44. The highest BCUT2D eigenvalue weighted by atomic mass is 19.1. The maximum Gasteiger partial charge on any atom is 0.212 e. The number of halogens is 1. The molecule has 0 saturated heterocycles. The van der Waals surface area contributed by atoms with Crippen molar-refractivity contribution in [1.29, 1.82) is 0 Å². The summed E-state index contributed by atoms with van der Waals surface area (Å²) in [6, 6.07) is 2.82. The molecule has 0 aliphatic carbocycles. The zero-order chi connectivity index (χ0) is 8.10. The van der Waals surface area contributed by atoms with E-state index in [9.17, 15) is 4.39 Å². The van der Waals surface area contributed by atoms with Crippen molar-refractivity contribution in [2.75, 3.05) is 7.11 Å². The fourth-order valence-electron chi connectivity index (χ4n) is 0.577. The Balaban J connectivity index is 2.73. The van der Waals surface area contributed by atoms with Gasteiger partial charge >= 0.3 is 0 Å². The highest BCUT2D eigenvalue weighted by Gasteiger charge is 1.89. The van der Waals surface area contributed by atoms with Gasteiger partial charge < -0.3 is 4.84 Å². The Morgan fingerprint density at radius 3 is 3.00 bits per heavy atom. The van der Waals surface area contributed by atoms with Crippen LogP contribution in [0.1, 0.15) is 5.56 Å². The minimum Gasteiger partial charge on any atom is -0.399 e. The molecule has 58 valence electrons. The molecule has 3 nitrogen and oxygen atoms in total. The van der Waals surface area contributed by atoms with Gasteiger partial charge in [0.15, 0.2) is 0 Å². The molecule has 0 bridgehead atoms. The third-order valence-electron chi connectivity index (χ3n) is 1.06. The van der Waals surface area contributed by atoms with Gasteiger partial charge in [-0.3, -0.25) is 0 Å². The summed E-state index contributed by atoms with van der Waals surface area (Å²) in [5, 5.41) is 3.48. The van der Waals surface area contributed by atoms with Crippen molar-refractivity contribution in [2.24, 2.45) is 5.16 Å². The largest absolute Gasteiger partial charge is 0.399 e. The maximum absolute atomic E-state index is 12.2. The minimum atomic E-state index is -0.500. The molecule has 0 aliphatic heterocycles. The van der Waals surface area contributed by atoms with E-state index in [1.165, 1.54) is 25.6 Å². The van der Waals surface area contributed by atoms with Gasteiger partial charge in [-0.1, -0.05) is 5.16 Å². The molecular formula is C7H7FN2O. The Morgan fingerprint density at radius 2 is 2.45 bits per heavy atom. The molecule has 0 atom stereocenters. The van der Waals surface area contributed by atoms with Crippen LogP contribution in [0.5, 0.6) is 0 Å². The third-order valence-corrected chi connectivity index (χ3v) is 1.06. The molecule has 0 N–H and O–H groups in total. The van der Waals surface area contributed by atoms with E-state index in [-0.39, 0.29) is 0 Å². The fourth-order valence-corrected chi connectivity index (χ4v) is 0.577. The lowest BCUT2D eigenvalue weighted by atomic mass is 10.3. The van der Waals surface area contributed by atoms with Gasteiger partial charge in [0.1, 0.15) is 7.11 Å². The third kappa shape index (κ3) is 2.33. The second-order valence-electron chi connectivity index (χ2n) is 1.83. The van der Waals surface area contributed by atoms with E-state index in [2.05, 4.69) is 15.0 Å². The summed E-state index contributed by atoms with van der Waals surface area (Å²) in [6.45, 7) is 0. The van der Waals surface area contributed by atoms with Gasteiger partial charge in [-0.25, -0.2) is 4.98 Å². The molecule has 0 saturated carbocycles. The number of nitrogens with zero attached hydrogens (tertiary/aromatic N) is 2. The summed E-state index contributed by atoms with van der Waals surface area (Å²) >= 11 is 0. The van der Waals surface area contributed by atoms with Crippen LogP contribution in [0, 0.1) is 5.95 Å². The second kappa shape index (κ2) is 3.65. The average molecular weight is 154 g/mol. The zero-order valence-electron chi connectivity index (χ0n) is 5.99. The van der Waals surface area contributed by atoms with Crippen LogP contribution < -0.4 is 0 Å². The molecular weight excluding hydrogens is 147 g/mol. The lowest BCUT2D eigenvalue weighted by Crippen LogP contribution is -1.86. The highest BCUT2D eigenvalue weighted by Crippen LogP contribution is 1.95. The van der Waals surface area contributed by atoms with Crippen LogP contribution in [-0.4, -0.2) is 18.3 Å². The van der Waals surface area contributed by atoms with Gasteiger partial charge in [-0.2, -0.15) is 4.39 Å². The molecule has 1 aromatic rings. The van der Waals surface area contributed by atoms with E-state index in [0.29, 0.717) is 5.56 Å². The van der Waals surface area contributed by atoms with Crippen LogP contribution in [-0.2, 0) is 4.84 Å². The van der Waals surface area contributed by atoms with E-state index in [1.807, 2.05) is 0 Å². The van der Waals surface area contributed by atoms with Crippen LogP contribution in [0.2, 0.25) is 0 Å². The predicted octanol–water partition coefficient (Wildman–Crippen LogP) is 1.20. The molecule has 0 fully saturated rings. The van der Waals surface area contributed by atoms with Crippen molar-refractivity contribution < 1.29 is 9.23 Å². The highest BCUT2D eigenvalue weighted by molar-refractivity contribution is 5.78. The Morgan fingerprint density at radius 1 is 1.64 bits per heavy atom. The monoisotopic (exact) mass is 154 g/mol. The van der Waals surface area contributed by atoms with Crippen molar-refractivity contribution in [2.45, 2.75) is 0 Å². The van der Waals surface area contributed by atoms with Gasteiger partial charge in [0.2, 0.25) is 5.95 Å². The van der Waals surface area contributed by atoms with Gasteiger partial charge in [0.05, 0.1) is 6.21 Å². The van der Waals surface area contributed by atoms with Crippen LogP contribution in [0.3, 0.4) is 0 Å². The molecule has 0 aromatic carbocycles. The number of pyridine rings is 1.